The maximum absolute atomic E-state index is 12.0. The number of alkyl carbamates (subject to hydrolysis) is 2. The average Bonchev–Trinajstić information content (AvgIpc) is 2.97. The van der Waals surface area contributed by atoms with Crippen LogP contribution in [0.5, 0.6) is 0 Å². The van der Waals surface area contributed by atoms with E-state index in [1.54, 1.807) is 63.4 Å². The number of sulfonamides is 2. The molecule has 0 saturated carbocycles. The molecule has 0 spiro atoms. The molecule has 0 atom stereocenters. The van der Waals surface area contributed by atoms with Crippen molar-refractivity contribution >= 4 is 55.1 Å². The summed E-state index contributed by atoms with van der Waals surface area (Å²) in [6.45, 7) is 11.9. The molecule has 0 bridgehead atoms. The van der Waals surface area contributed by atoms with E-state index in [1.165, 1.54) is 24.3 Å². The number of rotatable bonds is 9. The molecule has 0 aliphatic rings. The summed E-state index contributed by atoms with van der Waals surface area (Å²) < 4.78 is 62.6. The highest BCUT2D eigenvalue weighted by Crippen LogP contribution is 2.12. The molecular weight excluding hydrogens is 685 g/mol. The number of guanidine groups is 1. The monoisotopic (exact) mass is 732 g/mol. The van der Waals surface area contributed by atoms with Gasteiger partial charge in [-0.1, -0.05) is 48.2 Å². The Hall–Kier alpha value is -4.07. The van der Waals surface area contributed by atoms with Crippen LogP contribution >= 0.6 is 11.8 Å². The zero-order valence-corrected chi connectivity index (χ0v) is 30.7. The molecule has 19 heteroatoms. The van der Waals surface area contributed by atoms with E-state index in [4.69, 9.17) is 26.7 Å². The van der Waals surface area contributed by atoms with Crippen LogP contribution in [-0.4, -0.2) is 83.8 Å². The van der Waals surface area contributed by atoms with Crippen molar-refractivity contribution in [2.45, 2.75) is 62.5 Å². The first-order valence-corrected chi connectivity index (χ1v) is 18.5. The maximum atomic E-state index is 12.0. The number of aliphatic imine (C=N–C) groups is 1. The van der Waals surface area contributed by atoms with Gasteiger partial charge in [0.05, 0.1) is 16.3 Å². The van der Waals surface area contributed by atoms with Crippen molar-refractivity contribution in [1.29, 1.82) is 0 Å². The van der Waals surface area contributed by atoms with Crippen LogP contribution in [0.2, 0.25) is 0 Å². The van der Waals surface area contributed by atoms with Crippen LogP contribution < -0.4 is 32.6 Å². The molecule has 48 heavy (non-hydrogen) atoms. The molecule has 0 aromatic heterocycles. The van der Waals surface area contributed by atoms with Crippen molar-refractivity contribution < 1.29 is 35.9 Å². The molecule has 0 aliphatic carbocycles. The van der Waals surface area contributed by atoms with E-state index in [1.807, 2.05) is 20.8 Å². The van der Waals surface area contributed by atoms with Gasteiger partial charge in [0.2, 0.25) is 5.96 Å². The molecule has 2 rings (SSSR count). The van der Waals surface area contributed by atoms with E-state index < -0.39 is 43.4 Å². The molecule has 16 nitrogen and oxygen atoms in total. The Morgan fingerprint density at radius 3 is 1.62 bits per heavy atom. The standard InChI is InChI=1S/C14H22N4O4S.C8H10N2O2S2.C7H16N2O2/c1-14(2,3)22-13(19)17-10-9-16-12(15)18-23(20,21)11-7-5-4-6-8-11;1-13-8(9)10-14(11,12)7-5-3-2-4-6-7;1-7(2,3)11-6(10)9-5-4-8/h4-8H,9-10H2,1-3H3,(H,17,19)(H3,15,16,18);2-6H,1H3,(H2,9,10);4-5,8H2,1-3H3,(H,9,10). The first-order chi connectivity index (χ1) is 22.1. The zero-order chi connectivity index (χ0) is 37.0. The lowest BCUT2D eigenvalue weighted by molar-refractivity contribution is 0.0518. The Morgan fingerprint density at radius 1 is 0.771 bits per heavy atom. The van der Waals surface area contributed by atoms with Gasteiger partial charge in [0.15, 0.2) is 5.17 Å². The Labute approximate surface area is 287 Å². The molecule has 270 valence electrons. The summed E-state index contributed by atoms with van der Waals surface area (Å²) in [6.07, 6.45) is 0.679. The lowest BCUT2D eigenvalue weighted by Crippen LogP contribution is -2.38. The molecule has 9 N–H and O–H groups in total. The van der Waals surface area contributed by atoms with Crippen LogP contribution in [0.4, 0.5) is 9.59 Å². The number of carbonyl (C=O) groups is 2. The molecule has 0 radical (unpaired) electrons. The van der Waals surface area contributed by atoms with E-state index in [9.17, 15) is 26.4 Å². The Bertz CT molecular complexity index is 1540. The summed E-state index contributed by atoms with van der Waals surface area (Å²) in [7, 11) is -7.38. The largest absolute Gasteiger partial charge is 0.444 e. The number of ether oxygens (including phenoxy) is 2. The second-order valence-electron chi connectivity index (χ2n) is 11.3. The highest BCUT2D eigenvalue weighted by molar-refractivity contribution is 8.13. The molecule has 0 fully saturated rings. The lowest BCUT2D eigenvalue weighted by Gasteiger charge is -2.19. The molecule has 2 aromatic carbocycles. The number of nitrogens with two attached hydrogens (primary N) is 3. The van der Waals surface area contributed by atoms with Crippen molar-refractivity contribution in [3.8, 4) is 0 Å². The van der Waals surface area contributed by atoms with Gasteiger partial charge in [-0.2, -0.15) is 8.42 Å². The summed E-state index contributed by atoms with van der Waals surface area (Å²) in [5.41, 5.74) is 15.0. The normalized spacial score (nSPS) is 12.2. The molecule has 2 amide bonds. The number of amides is 2. The Balaban J connectivity index is 0.000000753. The summed E-state index contributed by atoms with van der Waals surface area (Å²) in [4.78, 5) is 26.3. The number of benzene rings is 2. The molecule has 0 aliphatic heterocycles. The number of hydrogen-bond acceptors (Lipinski definition) is 11. The van der Waals surface area contributed by atoms with Crippen LogP contribution in [0, 0.1) is 0 Å². The summed E-state index contributed by atoms with van der Waals surface area (Å²) in [5, 5.41) is 5.03. The van der Waals surface area contributed by atoms with Gasteiger partial charge >= 0.3 is 12.2 Å². The van der Waals surface area contributed by atoms with E-state index in [-0.39, 0.29) is 34.0 Å². The van der Waals surface area contributed by atoms with Gasteiger partial charge in [-0.3, -0.25) is 4.99 Å². The third-order valence-electron chi connectivity index (χ3n) is 4.63. The fraction of sp³-hybridized carbons (Fsp3) is 0.448. The highest BCUT2D eigenvalue weighted by atomic mass is 32.2. The fourth-order valence-electron chi connectivity index (χ4n) is 2.77. The summed E-state index contributed by atoms with van der Waals surface area (Å²) >= 11 is 1.09. The van der Waals surface area contributed by atoms with E-state index in [0.717, 1.165) is 11.8 Å². The van der Waals surface area contributed by atoms with Crippen molar-refractivity contribution in [2.24, 2.45) is 26.6 Å². The molecule has 2 aromatic rings. The Kier molecular flexibility index (Phi) is 19.2. The van der Waals surface area contributed by atoms with Crippen LogP contribution in [-0.2, 0) is 29.5 Å². The minimum atomic E-state index is -3.75. The van der Waals surface area contributed by atoms with Crippen molar-refractivity contribution in [3.63, 3.8) is 0 Å². The quantitative estimate of drug-likeness (QED) is 0.123. The van der Waals surface area contributed by atoms with E-state index in [0.29, 0.717) is 13.1 Å². The topological polar surface area (TPSA) is 260 Å². The predicted molar refractivity (Wildman–Crippen MR) is 190 cm³/mol. The van der Waals surface area contributed by atoms with Gasteiger partial charge in [0, 0.05) is 19.6 Å². The van der Waals surface area contributed by atoms with Crippen LogP contribution in [0.15, 0.2) is 79.8 Å². The lowest BCUT2D eigenvalue weighted by atomic mass is 10.2. The predicted octanol–water partition coefficient (Wildman–Crippen LogP) is 2.33. The number of amidine groups is 1. The Morgan fingerprint density at radius 2 is 1.21 bits per heavy atom. The van der Waals surface area contributed by atoms with E-state index >= 15 is 0 Å². The highest BCUT2D eigenvalue weighted by Gasteiger charge is 2.17. The molecular formula is C29H48N8O8S3. The van der Waals surface area contributed by atoms with Gasteiger partial charge in [-0.05, 0) is 72.1 Å². The average molecular weight is 733 g/mol. The van der Waals surface area contributed by atoms with Crippen LogP contribution in [0.1, 0.15) is 41.5 Å². The van der Waals surface area contributed by atoms with Gasteiger partial charge in [-0.25, -0.2) is 22.7 Å². The number of hydrogen-bond donors (Lipinski definition) is 6. The minimum Gasteiger partial charge on any atom is -0.444 e. The second-order valence-corrected chi connectivity index (χ2v) is 15.4. The fourth-order valence-corrected chi connectivity index (χ4v) is 5.18. The van der Waals surface area contributed by atoms with Crippen LogP contribution in [0.3, 0.4) is 0 Å². The third-order valence-corrected chi connectivity index (χ3v) is 7.93. The molecule has 0 unspecified atom stereocenters. The molecule has 0 saturated heterocycles. The number of thioether (sulfide) groups is 1. The summed E-state index contributed by atoms with van der Waals surface area (Å²) in [6, 6.07) is 15.8. The number of nitrogens with one attached hydrogen (secondary N) is 3. The SMILES string of the molecule is CC(C)(C)OC(=O)NCCN.CC(C)(C)OC(=O)NCCN=C(N)NS(=O)(=O)c1ccccc1.CSC(N)=NS(=O)(=O)c1ccccc1. The molecule has 0 heterocycles. The van der Waals surface area contributed by atoms with E-state index in [2.05, 4.69) is 24.7 Å². The van der Waals surface area contributed by atoms with Gasteiger partial charge in [-0.15, -0.1) is 4.40 Å². The minimum absolute atomic E-state index is 0.0360. The second kappa shape index (κ2) is 21.0. The first kappa shape index (κ1) is 43.9. The van der Waals surface area contributed by atoms with Gasteiger partial charge in [0.1, 0.15) is 11.2 Å². The number of nitrogens with zero attached hydrogens (tertiary/aromatic N) is 2. The third kappa shape index (κ3) is 21.7. The first-order valence-electron chi connectivity index (χ1n) is 14.3. The maximum Gasteiger partial charge on any atom is 0.407 e. The van der Waals surface area contributed by atoms with Crippen molar-refractivity contribution in [2.75, 3.05) is 32.4 Å². The number of carbonyl (C=O) groups excluding carboxylic acids is 2. The van der Waals surface area contributed by atoms with Crippen LogP contribution in [0.25, 0.3) is 0 Å². The van der Waals surface area contributed by atoms with Crippen molar-refractivity contribution in [3.05, 3.63) is 60.7 Å². The van der Waals surface area contributed by atoms with Gasteiger partial charge in [0.25, 0.3) is 20.0 Å². The smallest absolute Gasteiger partial charge is 0.407 e. The van der Waals surface area contributed by atoms with Gasteiger partial charge < -0.3 is 37.3 Å². The zero-order valence-electron chi connectivity index (χ0n) is 28.2. The van der Waals surface area contributed by atoms with Crippen molar-refractivity contribution in [1.82, 2.24) is 15.4 Å². The summed E-state index contributed by atoms with van der Waals surface area (Å²) in [5.74, 6) is -0.250.